The van der Waals surface area contributed by atoms with Gasteiger partial charge in [0.25, 0.3) is 0 Å². The fraction of sp³-hybridized carbons (Fsp3) is 0.611. The number of rotatable bonds is 5. The molecule has 144 valence electrons. The number of piperazine rings is 1. The summed E-state index contributed by atoms with van der Waals surface area (Å²) in [6.45, 7) is 4.07. The van der Waals surface area contributed by atoms with Gasteiger partial charge in [0, 0.05) is 57.9 Å². The Morgan fingerprint density at radius 2 is 1.85 bits per heavy atom. The molecule has 8 heteroatoms. The largest absolute Gasteiger partial charge is 0.369 e. The van der Waals surface area contributed by atoms with Gasteiger partial charge >= 0.3 is 0 Å². The van der Waals surface area contributed by atoms with Crippen LogP contribution in [0.25, 0.3) is 0 Å². The van der Waals surface area contributed by atoms with Crippen LogP contribution >= 0.6 is 0 Å². The zero-order valence-electron chi connectivity index (χ0n) is 15.1. The Balaban J connectivity index is 1.42. The van der Waals surface area contributed by atoms with E-state index >= 15 is 0 Å². The molecule has 0 saturated carbocycles. The summed E-state index contributed by atoms with van der Waals surface area (Å²) < 4.78 is 36.2. The SMILES string of the molecule is CN(C(=O)CCN1CCN(c2ccc(F)cc2)CC1)C1CCS(=O)(=O)C1. The van der Waals surface area contributed by atoms with E-state index in [2.05, 4.69) is 9.80 Å². The zero-order chi connectivity index (χ0) is 18.7. The average molecular weight is 383 g/mol. The highest BCUT2D eigenvalue weighted by molar-refractivity contribution is 7.91. The van der Waals surface area contributed by atoms with E-state index in [-0.39, 0.29) is 29.3 Å². The van der Waals surface area contributed by atoms with Gasteiger partial charge in [0.05, 0.1) is 11.5 Å². The first-order valence-corrected chi connectivity index (χ1v) is 10.9. The average Bonchev–Trinajstić information content (AvgIpc) is 3.00. The summed E-state index contributed by atoms with van der Waals surface area (Å²) in [5, 5.41) is 0. The highest BCUT2D eigenvalue weighted by Crippen LogP contribution is 2.19. The van der Waals surface area contributed by atoms with Crippen LogP contribution in [0, 0.1) is 5.82 Å². The predicted molar refractivity (Wildman–Crippen MR) is 99.5 cm³/mol. The van der Waals surface area contributed by atoms with Crippen LogP contribution in [0.15, 0.2) is 24.3 Å². The van der Waals surface area contributed by atoms with Gasteiger partial charge in [-0.3, -0.25) is 9.69 Å². The number of benzene rings is 1. The van der Waals surface area contributed by atoms with Gasteiger partial charge < -0.3 is 9.80 Å². The first-order valence-electron chi connectivity index (χ1n) is 9.03. The van der Waals surface area contributed by atoms with Crippen molar-refractivity contribution >= 4 is 21.4 Å². The third kappa shape index (κ3) is 4.73. The van der Waals surface area contributed by atoms with E-state index in [9.17, 15) is 17.6 Å². The molecular formula is C18H26FN3O3S. The molecule has 6 nitrogen and oxygen atoms in total. The molecule has 2 fully saturated rings. The topological polar surface area (TPSA) is 60.9 Å². The van der Waals surface area contributed by atoms with Gasteiger partial charge in [-0.25, -0.2) is 12.8 Å². The van der Waals surface area contributed by atoms with Crippen molar-refractivity contribution in [2.45, 2.75) is 18.9 Å². The van der Waals surface area contributed by atoms with Crippen LogP contribution in [-0.4, -0.2) is 81.4 Å². The Bertz CT molecular complexity index is 731. The van der Waals surface area contributed by atoms with Crippen molar-refractivity contribution in [3.8, 4) is 0 Å². The third-order valence-electron chi connectivity index (χ3n) is 5.36. The summed E-state index contributed by atoms with van der Waals surface area (Å²) in [6.07, 6.45) is 0.949. The van der Waals surface area contributed by atoms with E-state index < -0.39 is 9.84 Å². The van der Waals surface area contributed by atoms with Gasteiger partial charge in [-0.1, -0.05) is 0 Å². The lowest BCUT2D eigenvalue weighted by Gasteiger charge is -2.36. The van der Waals surface area contributed by atoms with E-state index in [0.717, 1.165) is 31.9 Å². The smallest absolute Gasteiger partial charge is 0.223 e. The molecule has 2 heterocycles. The number of nitrogens with zero attached hydrogens (tertiary/aromatic N) is 3. The summed E-state index contributed by atoms with van der Waals surface area (Å²) in [5.41, 5.74) is 1.02. The van der Waals surface area contributed by atoms with Crippen molar-refractivity contribution in [1.82, 2.24) is 9.80 Å². The number of anilines is 1. The molecule has 0 N–H and O–H groups in total. The van der Waals surface area contributed by atoms with E-state index in [4.69, 9.17) is 0 Å². The van der Waals surface area contributed by atoms with Crippen molar-refractivity contribution in [2.24, 2.45) is 0 Å². The number of hydrogen-bond acceptors (Lipinski definition) is 5. The third-order valence-corrected chi connectivity index (χ3v) is 7.11. The normalized spacial score (nSPS) is 23.2. The lowest BCUT2D eigenvalue weighted by Crippen LogP contribution is -2.47. The summed E-state index contributed by atoms with van der Waals surface area (Å²) >= 11 is 0. The number of halogens is 1. The van der Waals surface area contributed by atoms with Gasteiger partial charge in [-0.15, -0.1) is 0 Å². The molecule has 0 aliphatic carbocycles. The molecule has 0 radical (unpaired) electrons. The van der Waals surface area contributed by atoms with Crippen molar-refractivity contribution < 1.29 is 17.6 Å². The zero-order valence-corrected chi connectivity index (χ0v) is 15.9. The van der Waals surface area contributed by atoms with Crippen LogP contribution < -0.4 is 4.90 Å². The van der Waals surface area contributed by atoms with Gasteiger partial charge in [-0.2, -0.15) is 0 Å². The second-order valence-electron chi connectivity index (χ2n) is 7.12. The molecule has 2 aliphatic rings. The van der Waals surface area contributed by atoms with E-state index in [1.807, 2.05) is 0 Å². The quantitative estimate of drug-likeness (QED) is 0.759. The highest BCUT2D eigenvalue weighted by atomic mass is 32.2. The molecule has 0 bridgehead atoms. The number of hydrogen-bond donors (Lipinski definition) is 0. The maximum atomic E-state index is 13.0. The predicted octanol–water partition coefficient (Wildman–Crippen LogP) is 0.983. The molecule has 1 atom stereocenters. The molecule has 1 unspecified atom stereocenters. The van der Waals surface area contributed by atoms with E-state index in [1.54, 1.807) is 24.1 Å². The van der Waals surface area contributed by atoms with Crippen molar-refractivity contribution in [3.63, 3.8) is 0 Å². The van der Waals surface area contributed by atoms with Gasteiger partial charge in [0.15, 0.2) is 9.84 Å². The van der Waals surface area contributed by atoms with Crippen molar-refractivity contribution in [3.05, 3.63) is 30.1 Å². The minimum atomic E-state index is -2.98. The second-order valence-corrected chi connectivity index (χ2v) is 9.35. The molecule has 0 aromatic heterocycles. The van der Waals surface area contributed by atoms with Crippen LogP contribution in [-0.2, 0) is 14.6 Å². The first kappa shape index (κ1) is 19.1. The minimum absolute atomic E-state index is 0.00747. The molecule has 2 aliphatic heterocycles. The van der Waals surface area contributed by atoms with Gasteiger partial charge in [0.1, 0.15) is 5.82 Å². The van der Waals surface area contributed by atoms with Gasteiger partial charge in [0.2, 0.25) is 5.91 Å². The number of carbonyl (C=O) groups excluding carboxylic acids is 1. The van der Waals surface area contributed by atoms with Crippen LogP contribution in [0.5, 0.6) is 0 Å². The highest BCUT2D eigenvalue weighted by Gasteiger charge is 2.32. The second kappa shape index (κ2) is 7.92. The number of carbonyl (C=O) groups is 1. The molecule has 2 saturated heterocycles. The molecule has 0 spiro atoms. The standard InChI is InChI=1S/C18H26FN3O3S/c1-20(17-7-13-26(24,25)14-17)18(23)6-8-21-9-11-22(12-10-21)16-4-2-15(19)3-5-16/h2-5,17H,6-14H2,1H3. The number of amides is 1. The first-order chi connectivity index (χ1) is 12.3. The molecular weight excluding hydrogens is 357 g/mol. The molecule has 1 aromatic carbocycles. The summed E-state index contributed by atoms with van der Waals surface area (Å²) in [4.78, 5) is 18.4. The van der Waals surface area contributed by atoms with Crippen LogP contribution in [0.2, 0.25) is 0 Å². The Labute approximate surface area is 154 Å². The van der Waals surface area contributed by atoms with E-state index in [1.165, 1.54) is 12.1 Å². The minimum Gasteiger partial charge on any atom is -0.369 e. The van der Waals surface area contributed by atoms with Crippen LogP contribution in [0.4, 0.5) is 10.1 Å². The van der Waals surface area contributed by atoms with Crippen LogP contribution in [0.3, 0.4) is 0 Å². The Morgan fingerprint density at radius 1 is 1.19 bits per heavy atom. The monoisotopic (exact) mass is 383 g/mol. The lowest BCUT2D eigenvalue weighted by molar-refractivity contribution is -0.131. The Morgan fingerprint density at radius 3 is 2.42 bits per heavy atom. The summed E-state index contributed by atoms with van der Waals surface area (Å²) in [5.74, 6) is 0.0461. The summed E-state index contributed by atoms with van der Waals surface area (Å²) in [7, 11) is -1.27. The Kier molecular flexibility index (Phi) is 5.82. The molecule has 26 heavy (non-hydrogen) atoms. The fourth-order valence-corrected chi connectivity index (χ4v) is 5.37. The molecule has 3 rings (SSSR count). The molecule has 1 aromatic rings. The number of sulfone groups is 1. The van der Waals surface area contributed by atoms with Crippen molar-refractivity contribution in [2.75, 3.05) is 56.2 Å². The molecule has 1 amide bonds. The maximum absolute atomic E-state index is 13.0. The maximum Gasteiger partial charge on any atom is 0.223 e. The lowest BCUT2D eigenvalue weighted by atomic mass is 10.2. The van der Waals surface area contributed by atoms with Crippen molar-refractivity contribution in [1.29, 1.82) is 0 Å². The van der Waals surface area contributed by atoms with E-state index in [0.29, 0.717) is 19.4 Å². The fourth-order valence-electron chi connectivity index (χ4n) is 3.60. The Hall–Kier alpha value is -1.67. The van der Waals surface area contributed by atoms with Crippen LogP contribution in [0.1, 0.15) is 12.8 Å². The summed E-state index contributed by atoms with van der Waals surface area (Å²) in [6, 6.07) is 6.35. The van der Waals surface area contributed by atoms with Gasteiger partial charge in [-0.05, 0) is 30.7 Å².